The van der Waals surface area contributed by atoms with Crippen molar-refractivity contribution in [3.63, 3.8) is 0 Å². The molecule has 2 heterocycles. The summed E-state index contributed by atoms with van der Waals surface area (Å²) in [5, 5.41) is 20.2. The first-order valence-corrected chi connectivity index (χ1v) is 10.7. The number of benzene rings is 2. The van der Waals surface area contributed by atoms with E-state index in [2.05, 4.69) is 0 Å². The molecule has 168 valence electrons. The minimum atomic E-state index is -0.694. The number of carbonyl (C=O) groups excluding carboxylic acids is 4. The van der Waals surface area contributed by atoms with Gasteiger partial charge >= 0.3 is 0 Å². The fourth-order valence-corrected chi connectivity index (χ4v) is 4.70. The second-order valence-electron chi connectivity index (χ2n) is 9.02. The van der Waals surface area contributed by atoms with E-state index < -0.39 is 35.7 Å². The summed E-state index contributed by atoms with van der Waals surface area (Å²) in [6, 6.07) is 4.60. The smallest absolute Gasteiger partial charge is 0.261 e. The first kappa shape index (κ1) is 22.1. The predicted molar refractivity (Wildman–Crippen MR) is 116 cm³/mol. The zero-order valence-corrected chi connectivity index (χ0v) is 18.5. The molecule has 32 heavy (non-hydrogen) atoms. The molecule has 4 amide bonds. The van der Waals surface area contributed by atoms with Crippen molar-refractivity contribution in [2.75, 3.05) is 13.2 Å². The molecule has 0 saturated carbocycles. The third kappa shape index (κ3) is 2.90. The molecule has 0 aromatic heterocycles. The van der Waals surface area contributed by atoms with Gasteiger partial charge in [0.15, 0.2) is 0 Å². The molecule has 2 unspecified atom stereocenters. The van der Waals surface area contributed by atoms with E-state index >= 15 is 0 Å². The van der Waals surface area contributed by atoms with Gasteiger partial charge in [-0.25, -0.2) is 0 Å². The monoisotopic (exact) mass is 438 g/mol. The average molecular weight is 438 g/mol. The van der Waals surface area contributed by atoms with Crippen molar-refractivity contribution in [3.8, 4) is 0 Å². The summed E-state index contributed by atoms with van der Waals surface area (Å²) in [7, 11) is 0. The first-order chi connectivity index (χ1) is 15.1. The highest BCUT2D eigenvalue weighted by Gasteiger charge is 2.43. The van der Waals surface area contributed by atoms with E-state index in [1.165, 1.54) is 24.3 Å². The van der Waals surface area contributed by atoms with Gasteiger partial charge in [-0.1, -0.05) is 27.7 Å². The molecule has 0 saturated heterocycles. The molecule has 2 aliphatic rings. The topological polar surface area (TPSA) is 115 Å². The van der Waals surface area contributed by atoms with Gasteiger partial charge in [0.2, 0.25) is 0 Å². The summed E-state index contributed by atoms with van der Waals surface area (Å²) in [6.07, 6.45) is 0. The molecule has 0 spiro atoms. The van der Waals surface area contributed by atoms with E-state index in [1.54, 1.807) is 0 Å². The lowest BCUT2D eigenvalue weighted by Gasteiger charge is -2.38. The van der Waals surface area contributed by atoms with E-state index in [4.69, 9.17) is 0 Å². The second kappa shape index (κ2) is 7.79. The van der Waals surface area contributed by atoms with Crippen LogP contribution in [0.3, 0.4) is 0 Å². The molecular weight excluding hydrogens is 412 g/mol. The van der Waals surface area contributed by atoms with Crippen molar-refractivity contribution < 1.29 is 29.4 Å². The van der Waals surface area contributed by atoms with Crippen LogP contribution >= 0.6 is 0 Å². The minimum Gasteiger partial charge on any atom is -0.394 e. The molecule has 4 rings (SSSR count). The fourth-order valence-electron chi connectivity index (χ4n) is 4.70. The standard InChI is InChI=1S/C24H26N2O6/c1-11(2)17(9-27)25-21(29)13-5-7-15-20-16(8-6-14(19(13)20)22(25)30)24(32)26(23(15)31)18(10-28)12(3)4/h5-8,11-12,17-18,27-28H,9-10H2,1-4H3. The molecule has 0 aliphatic carbocycles. The molecule has 0 bridgehead atoms. The molecule has 2 atom stereocenters. The van der Waals surface area contributed by atoms with Gasteiger partial charge in [-0.2, -0.15) is 0 Å². The van der Waals surface area contributed by atoms with Crippen LogP contribution in [0.4, 0.5) is 0 Å². The predicted octanol–water partition coefficient (Wildman–Crippen LogP) is 2.07. The zero-order valence-electron chi connectivity index (χ0n) is 18.5. The number of carbonyl (C=O) groups is 4. The second-order valence-corrected chi connectivity index (χ2v) is 9.02. The van der Waals surface area contributed by atoms with E-state index in [0.717, 1.165) is 9.80 Å². The fraction of sp³-hybridized carbons (Fsp3) is 0.417. The van der Waals surface area contributed by atoms with Crippen LogP contribution in [0, 0.1) is 11.8 Å². The summed E-state index contributed by atoms with van der Waals surface area (Å²) in [5.74, 6) is -2.56. The van der Waals surface area contributed by atoms with Crippen molar-refractivity contribution >= 4 is 34.4 Å². The number of hydrogen-bond donors (Lipinski definition) is 2. The summed E-state index contributed by atoms with van der Waals surface area (Å²) in [6.45, 7) is 6.52. The summed E-state index contributed by atoms with van der Waals surface area (Å²) in [5.41, 5.74) is 0.874. The SMILES string of the molecule is CC(C)C(CO)N1C(=O)c2ccc3c4c(ccc(c24)C1=O)C(=O)N(C(CO)C(C)C)C3=O. The van der Waals surface area contributed by atoms with Crippen molar-refractivity contribution in [2.24, 2.45) is 11.8 Å². The molecule has 0 fully saturated rings. The average Bonchev–Trinajstić information content (AvgIpc) is 2.75. The molecule has 2 N–H and O–H groups in total. The van der Waals surface area contributed by atoms with Gasteiger partial charge in [0.1, 0.15) is 0 Å². The van der Waals surface area contributed by atoms with E-state index in [-0.39, 0.29) is 58.1 Å². The van der Waals surface area contributed by atoms with Gasteiger partial charge in [0, 0.05) is 33.0 Å². The van der Waals surface area contributed by atoms with Crippen molar-refractivity contribution in [2.45, 2.75) is 39.8 Å². The van der Waals surface area contributed by atoms with Crippen molar-refractivity contribution in [3.05, 3.63) is 46.5 Å². The molecule has 8 heteroatoms. The Hall–Kier alpha value is -3.10. The van der Waals surface area contributed by atoms with Crippen LogP contribution < -0.4 is 0 Å². The maximum atomic E-state index is 13.3. The van der Waals surface area contributed by atoms with Gasteiger partial charge in [0.25, 0.3) is 23.6 Å². The molecule has 2 aromatic rings. The van der Waals surface area contributed by atoms with Gasteiger partial charge in [-0.05, 0) is 36.1 Å². The molecule has 8 nitrogen and oxygen atoms in total. The molecular formula is C24H26N2O6. The number of rotatable bonds is 6. The van der Waals surface area contributed by atoms with Gasteiger partial charge in [0.05, 0.1) is 25.3 Å². The quantitative estimate of drug-likeness (QED) is 0.667. The zero-order chi connectivity index (χ0) is 23.5. The van der Waals surface area contributed by atoms with Crippen LogP contribution in [0.2, 0.25) is 0 Å². The Balaban J connectivity index is 1.95. The van der Waals surface area contributed by atoms with E-state index in [1.807, 2.05) is 27.7 Å². The van der Waals surface area contributed by atoms with Crippen LogP contribution in [0.15, 0.2) is 24.3 Å². The van der Waals surface area contributed by atoms with Crippen LogP contribution in [-0.4, -0.2) is 68.9 Å². The maximum Gasteiger partial charge on any atom is 0.261 e. The normalized spacial score (nSPS) is 17.8. The van der Waals surface area contributed by atoms with Gasteiger partial charge < -0.3 is 10.2 Å². The Bertz CT molecular complexity index is 1010. The van der Waals surface area contributed by atoms with Gasteiger partial charge in [-0.3, -0.25) is 29.0 Å². The maximum absolute atomic E-state index is 13.3. The number of aliphatic hydroxyl groups is 2. The first-order valence-electron chi connectivity index (χ1n) is 10.7. The Kier molecular flexibility index (Phi) is 5.38. The van der Waals surface area contributed by atoms with Crippen LogP contribution in [0.5, 0.6) is 0 Å². The Labute approximate surface area is 185 Å². The Morgan fingerprint density at radius 2 is 0.844 bits per heavy atom. The highest BCUT2D eigenvalue weighted by Crippen LogP contribution is 2.39. The molecule has 2 aromatic carbocycles. The number of aliphatic hydroxyl groups excluding tert-OH is 2. The van der Waals surface area contributed by atoms with Crippen LogP contribution in [0.1, 0.15) is 69.1 Å². The number of amides is 4. The molecule has 0 radical (unpaired) electrons. The highest BCUT2D eigenvalue weighted by atomic mass is 16.3. The van der Waals surface area contributed by atoms with E-state index in [9.17, 15) is 29.4 Å². The summed E-state index contributed by atoms with van der Waals surface area (Å²) in [4.78, 5) is 55.3. The van der Waals surface area contributed by atoms with Crippen molar-refractivity contribution in [1.82, 2.24) is 9.80 Å². The highest BCUT2D eigenvalue weighted by molar-refractivity contribution is 6.33. The summed E-state index contributed by atoms with van der Waals surface area (Å²) >= 11 is 0. The van der Waals surface area contributed by atoms with Crippen molar-refractivity contribution in [1.29, 1.82) is 0 Å². The summed E-state index contributed by atoms with van der Waals surface area (Å²) < 4.78 is 0. The number of hydrogen-bond acceptors (Lipinski definition) is 6. The minimum absolute atomic E-state index is 0.162. The number of imide groups is 2. The number of nitrogens with zero attached hydrogens (tertiary/aromatic N) is 2. The lowest BCUT2D eigenvalue weighted by atomic mass is 9.84. The third-order valence-corrected chi connectivity index (χ3v) is 6.53. The third-order valence-electron chi connectivity index (χ3n) is 6.53. The lowest BCUT2D eigenvalue weighted by molar-refractivity contribution is 0.0390. The Morgan fingerprint density at radius 1 is 0.594 bits per heavy atom. The Morgan fingerprint density at radius 3 is 1.03 bits per heavy atom. The van der Waals surface area contributed by atoms with Gasteiger partial charge in [-0.15, -0.1) is 0 Å². The van der Waals surface area contributed by atoms with E-state index in [0.29, 0.717) is 0 Å². The largest absolute Gasteiger partial charge is 0.394 e. The van der Waals surface area contributed by atoms with Crippen LogP contribution in [0.25, 0.3) is 10.8 Å². The lowest BCUT2D eigenvalue weighted by Crippen LogP contribution is -2.52. The van der Waals surface area contributed by atoms with Crippen LogP contribution in [-0.2, 0) is 0 Å². The molecule has 2 aliphatic heterocycles.